The van der Waals surface area contributed by atoms with Gasteiger partial charge in [0.15, 0.2) is 0 Å². The lowest BCUT2D eigenvalue weighted by molar-refractivity contribution is 0.412. The Balaban J connectivity index is 1.58. The molecule has 2 aromatic rings. The van der Waals surface area contributed by atoms with Gasteiger partial charge in [-0.1, -0.05) is 0 Å². The fourth-order valence-electron chi connectivity index (χ4n) is 1.79. The van der Waals surface area contributed by atoms with E-state index in [4.69, 9.17) is 9.47 Å². The van der Waals surface area contributed by atoms with Gasteiger partial charge in [0.2, 0.25) is 5.88 Å². The maximum Gasteiger partial charge on any atom is 0.237 e. The molecule has 0 unspecified atom stereocenters. The molecule has 0 spiro atoms. The van der Waals surface area contributed by atoms with Gasteiger partial charge in [-0.05, 0) is 37.1 Å². The predicted octanol–water partition coefficient (Wildman–Crippen LogP) is 2.53. The summed E-state index contributed by atoms with van der Waals surface area (Å²) >= 11 is 0. The molecule has 0 radical (unpaired) electrons. The second-order valence-corrected chi connectivity index (χ2v) is 4.78. The van der Waals surface area contributed by atoms with Crippen LogP contribution in [-0.2, 0) is 6.54 Å². The Bertz CT molecular complexity index is 550. The summed E-state index contributed by atoms with van der Waals surface area (Å²) in [5.41, 5.74) is 0.930. The lowest BCUT2D eigenvalue weighted by atomic mass is 10.3. The molecule has 1 N–H and O–H groups in total. The van der Waals surface area contributed by atoms with Crippen LogP contribution in [0, 0.1) is 0 Å². The number of nitrogens with one attached hydrogen (secondary N) is 1. The molecule has 0 amide bonds. The SMILES string of the molecule is COc1ccc(Oc2cnc(CNC3CC3)cn2)cc1. The smallest absolute Gasteiger partial charge is 0.237 e. The molecule has 3 rings (SSSR count). The van der Waals surface area contributed by atoms with Gasteiger partial charge in [-0.3, -0.25) is 4.98 Å². The van der Waals surface area contributed by atoms with Gasteiger partial charge in [-0.15, -0.1) is 0 Å². The second-order valence-electron chi connectivity index (χ2n) is 4.78. The molecule has 20 heavy (non-hydrogen) atoms. The van der Waals surface area contributed by atoms with Crippen molar-refractivity contribution >= 4 is 0 Å². The van der Waals surface area contributed by atoms with Crippen molar-refractivity contribution in [2.24, 2.45) is 0 Å². The Morgan fingerprint density at radius 1 is 1.10 bits per heavy atom. The number of hydrogen-bond acceptors (Lipinski definition) is 5. The number of hydrogen-bond donors (Lipinski definition) is 1. The topological polar surface area (TPSA) is 56.3 Å². The summed E-state index contributed by atoms with van der Waals surface area (Å²) in [6.45, 7) is 0.764. The first-order valence-corrected chi connectivity index (χ1v) is 6.70. The Morgan fingerprint density at radius 3 is 2.45 bits per heavy atom. The molecule has 104 valence electrons. The van der Waals surface area contributed by atoms with Gasteiger partial charge in [-0.25, -0.2) is 4.98 Å². The molecule has 1 aliphatic rings. The third-order valence-electron chi connectivity index (χ3n) is 3.11. The van der Waals surface area contributed by atoms with Gasteiger partial charge < -0.3 is 14.8 Å². The largest absolute Gasteiger partial charge is 0.497 e. The molecular formula is C15H17N3O2. The van der Waals surface area contributed by atoms with Crippen molar-refractivity contribution in [2.75, 3.05) is 7.11 Å². The van der Waals surface area contributed by atoms with E-state index in [0.717, 1.165) is 18.0 Å². The van der Waals surface area contributed by atoms with E-state index in [-0.39, 0.29) is 0 Å². The van der Waals surface area contributed by atoms with E-state index in [9.17, 15) is 0 Å². The van der Waals surface area contributed by atoms with Gasteiger partial charge in [-0.2, -0.15) is 0 Å². The van der Waals surface area contributed by atoms with E-state index in [2.05, 4.69) is 15.3 Å². The molecule has 1 aromatic heterocycles. The third-order valence-corrected chi connectivity index (χ3v) is 3.11. The molecule has 1 fully saturated rings. The highest BCUT2D eigenvalue weighted by atomic mass is 16.5. The van der Waals surface area contributed by atoms with E-state index in [1.165, 1.54) is 12.8 Å². The summed E-state index contributed by atoms with van der Waals surface area (Å²) in [6.07, 6.45) is 5.93. The van der Waals surface area contributed by atoms with E-state index >= 15 is 0 Å². The highest BCUT2D eigenvalue weighted by molar-refractivity contribution is 5.33. The fourth-order valence-corrected chi connectivity index (χ4v) is 1.79. The highest BCUT2D eigenvalue weighted by Gasteiger charge is 2.20. The fraction of sp³-hybridized carbons (Fsp3) is 0.333. The maximum absolute atomic E-state index is 5.62. The van der Waals surface area contributed by atoms with E-state index in [1.807, 2.05) is 24.3 Å². The van der Waals surface area contributed by atoms with Crippen LogP contribution in [0.5, 0.6) is 17.4 Å². The van der Waals surface area contributed by atoms with Crippen LogP contribution in [0.15, 0.2) is 36.7 Å². The van der Waals surface area contributed by atoms with Crippen molar-refractivity contribution < 1.29 is 9.47 Å². The Morgan fingerprint density at radius 2 is 1.85 bits per heavy atom. The quantitative estimate of drug-likeness (QED) is 0.875. The zero-order valence-corrected chi connectivity index (χ0v) is 11.4. The van der Waals surface area contributed by atoms with Crippen LogP contribution in [0.25, 0.3) is 0 Å². The lowest BCUT2D eigenvalue weighted by Gasteiger charge is -2.06. The van der Waals surface area contributed by atoms with Gasteiger partial charge in [0.25, 0.3) is 0 Å². The summed E-state index contributed by atoms with van der Waals surface area (Å²) in [7, 11) is 1.63. The number of methoxy groups -OCH3 is 1. The number of nitrogens with zero attached hydrogens (tertiary/aromatic N) is 2. The average molecular weight is 271 g/mol. The minimum Gasteiger partial charge on any atom is -0.497 e. The number of rotatable bonds is 6. The van der Waals surface area contributed by atoms with E-state index in [0.29, 0.717) is 17.7 Å². The molecule has 0 bridgehead atoms. The van der Waals surface area contributed by atoms with Crippen LogP contribution in [0.3, 0.4) is 0 Å². The van der Waals surface area contributed by atoms with Gasteiger partial charge >= 0.3 is 0 Å². The van der Waals surface area contributed by atoms with Gasteiger partial charge in [0.05, 0.1) is 25.2 Å². The molecule has 0 atom stereocenters. The van der Waals surface area contributed by atoms with Crippen molar-refractivity contribution in [3.8, 4) is 17.4 Å². The molecule has 1 aromatic carbocycles. The molecule has 1 saturated carbocycles. The van der Waals surface area contributed by atoms with Crippen LogP contribution >= 0.6 is 0 Å². The zero-order chi connectivity index (χ0) is 13.8. The van der Waals surface area contributed by atoms with Crippen LogP contribution in [-0.4, -0.2) is 23.1 Å². The first-order chi connectivity index (χ1) is 9.83. The van der Waals surface area contributed by atoms with Crippen LogP contribution in [0.4, 0.5) is 0 Å². The molecule has 5 nitrogen and oxygen atoms in total. The monoisotopic (exact) mass is 271 g/mol. The normalized spacial score (nSPS) is 14.1. The predicted molar refractivity (Wildman–Crippen MR) is 75.0 cm³/mol. The Kier molecular flexibility index (Phi) is 3.78. The lowest BCUT2D eigenvalue weighted by Crippen LogP contribution is -2.16. The van der Waals surface area contributed by atoms with Crippen LogP contribution in [0.2, 0.25) is 0 Å². The number of benzene rings is 1. The van der Waals surface area contributed by atoms with Crippen molar-refractivity contribution in [1.82, 2.24) is 15.3 Å². The van der Waals surface area contributed by atoms with E-state index < -0.39 is 0 Å². The van der Waals surface area contributed by atoms with Crippen molar-refractivity contribution in [1.29, 1.82) is 0 Å². The zero-order valence-electron chi connectivity index (χ0n) is 11.4. The average Bonchev–Trinajstić information content (AvgIpc) is 3.32. The summed E-state index contributed by atoms with van der Waals surface area (Å²) in [5, 5.41) is 3.40. The van der Waals surface area contributed by atoms with Crippen LogP contribution in [0.1, 0.15) is 18.5 Å². The third kappa shape index (κ3) is 3.45. The minimum atomic E-state index is 0.491. The number of aromatic nitrogens is 2. The van der Waals surface area contributed by atoms with Crippen molar-refractivity contribution in [3.05, 3.63) is 42.4 Å². The number of ether oxygens (including phenoxy) is 2. The minimum absolute atomic E-state index is 0.491. The van der Waals surface area contributed by atoms with Gasteiger partial charge in [0, 0.05) is 12.6 Å². The van der Waals surface area contributed by atoms with Crippen molar-refractivity contribution in [3.63, 3.8) is 0 Å². The van der Waals surface area contributed by atoms with Crippen LogP contribution < -0.4 is 14.8 Å². The second kappa shape index (κ2) is 5.88. The molecule has 1 heterocycles. The first-order valence-electron chi connectivity index (χ1n) is 6.70. The van der Waals surface area contributed by atoms with Crippen molar-refractivity contribution in [2.45, 2.75) is 25.4 Å². The Labute approximate surface area is 118 Å². The van der Waals surface area contributed by atoms with Gasteiger partial charge in [0.1, 0.15) is 11.5 Å². The summed E-state index contributed by atoms with van der Waals surface area (Å²) < 4.78 is 10.7. The highest BCUT2D eigenvalue weighted by Crippen LogP contribution is 2.22. The van der Waals surface area contributed by atoms with E-state index in [1.54, 1.807) is 19.5 Å². The molecule has 5 heteroatoms. The summed E-state index contributed by atoms with van der Waals surface area (Å²) in [5.74, 6) is 2.00. The molecule has 0 saturated heterocycles. The maximum atomic E-state index is 5.62. The standard InChI is InChI=1S/C15H17N3O2/c1-19-13-4-6-14(7-5-13)20-15-10-17-12(9-18-15)8-16-11-2-3-11/h4-7,9-11,16H,2-3,8H2,1H3. The Hall–Kier alpha value is -2.14. The molecule has 1 aliphatic carbocycles. The summed E-state index contributed by atoms with van der Waals surface area (Å²) in [4.78, 5) is 8.59. The summed E-state index contributed by atoms with van der Waals surface area (Å²) in [6, 6.07) is 8.03. The first kappa shape index (κ1) is 12.9. The molecule has 0 aliphatic heterocycles. The molecular weight excluding hydrogens is 254 g/mol.